The minimum Gasteiger partial charge on any atom is -0.326 e. The van der Waals surface area contributed by atoms with Gasteiger partial charge in [0.2, 0.25) is 11.7 Å². The molecule has 0 spiro atoms. The maximum Gasteiger partial charge on any atom is 0.295 e. The number of nitrogens with one attached hydrogen (secondary N) is 2. The van der Waals surface area contributed by atoms with Crippen LogP contribution in [0.25, 0.3) is 5.78 Å². The molecule has 0 atom stereocenters. The van der Waals surface area contributed by atoms with Gasteiger partial charge in [-0.1, -0.05) is 6.07 Å². The molecule has 8 heteroatoms. The Balaban J connectivity index is 1.81. The molecule has 23 heavy (non-hydrogen) atoms. The fourth-order valence-corrected chi connectivity index (χ4v) is 2.03. The third-order valence-electron chi connectivity index (χ3n) is 2.99. The van der Waals surface area contributed by atoms with Crippen molar-refractivity contribution in [1.29, 1.82) is 0 Å². The van der Waals surface area contributed by atoms with Gasteiger partial charge >= 0.3 is 0 Å². The van der Waals surface area contributed by atoms with Crippen LogP contribution in [-0.2, 0) is 4.79 Å². The molecule has 2 amide bonds. The first kappa shape index (κ1) is 14.6. The summed E-state index contributed by atoms with van der Waals surface area (Å²) in [4.78, 5) is 31.6. The summed E-state index contributed by atoms with van der Waals surface area (Å²) in [5, 5.41) is 9.42. The summed E-state index contributed by atoms with van der Waals surface area (Å²) in [6.07, 6.45) is 1.69. The van der Waals surface area contributed by atoms with Gasteiger partial charge in [0, 0.05) is 30.2 Å². The minimum atomic E-state index is -0.451. The summed E-state index contributed by atoms with van der Waals surface area (Å²) in [5.74, 6) is -0.250. The van der Waals surface area contributed by atoms with E-state index in [0.717, 1.165) is 5.69 Å². The number of hydrogen-bond donors (Lipinski definition) is 2. The maximum atomic E-state index is 12.2. The van der Waals surface area contributed by atoms with Crippen LogP contribution in [0.4, 0.5) is 11.4 Å². The Labute approximate surface area is 131 Å². The van der Waals surface area contributed by atoms with Crippen LogP contribution in [0.1, 0.15) is 23.2 Å². The van der Waals surface area contributed by atoms with Gasteiger partial charge in [0.15, 0.2) is 0 Å². The number of aromatic nitrogens is 4. The molecule has 3 aromatic rings. The van der Waals surface area contributed by atoms with Crippen molar-refractivity contribution >= 4 is 29.0 Å². The van der Waals surface area contributed by atoms with E-state index in [1.165, 1.54) is 11.4 Å². The van der Waals surface area contributed by atoms with E-state index in [1.54, 1.807) is 36.5 Å². The highest BCUT2D eigenvalue weighted by molar-refractivity contribution is 6.02. The number of aryl methyl sites for hydroxylation is 1. The van der Waals surface area contributed by atoms with Gasteiger partial charge in [0.05, 0.1) is 0 Å². The number of hydrogen-bond acceptors (Lipinski definition) is 5. The van der Waals surface area contributed by atoms with E-state index in [-0.39, 0.29) is 11.7 Å². The molecule has 0 aliphatic rings. The summed E-state index contributed by atoms with van der Waals surface area (Å²) in [6.45, 7) is 3.25. The first-order chi connectivity index (χ1) is 11.0. The predicted molar refractivity (Wildman–Crippen MR) is 84.2 cm³/mol. The quantitative estimate of drug-likeness (QED) is 0.766. The summed E-state index contributed by atoms with van der Waals surface area (Å²) in [7, 11) is 0. The van der Waals surface area contributed by atoms with Gasteiger partial charge in [0.1, 0.15) is 0 Å². The molecule has 0 aliphatic carbocycles. The Morgan fingerprint density at radius 2 is 1.83 bits per heavy atom. The largest absolute Gasteiger partial charge is 0.326 e. The van der Waals surface area contributed by atoms with Crippen molar-refractivity contribution in [2.75, 3.05) is 10.6 Å². The van der Waals surface area contributed by atoms with Crippen LogP contribution in [0.3, 0.4) is 0 Å². The summed E-state index contributed by atoms with van der Waals surface area (Å²) in [5.41, 5.74) is 1.92. The predicted octanol–water partition coefficient (Wildman–Crippen LogP) is 1.64. The molecule has 2 aromatic heterocycles. The molecule has 3 rings (SSSR count). The van der Waals surface area contributed by atoms with E-state index < -0.39 is 5.91 Å². The Morgan fingerprint density at radius 1 is 1.09 bits per heavy atom. The lowest BCUT2D eigenvalue weighted by Crippen LogP contribution is -2.14. The van der Waals surface area contributed by atoms with Crippen LogP contribution in [0, 0.1) is 6.92 Å². The van der Waals surface area contributed by atoms with Gasteiger partial charge < -0.3 is 10.6 Å². The van der Waals surface area contributed by atoms with Crippen LogP contribution in [0.5, 0.6) is 0 Å². The minimum absolute atomic E-state index is 0.0213. The van der Waals surface area contributed by atoms with E-state index in [1.807, 2.05) is 6.92 Å². The summed E-state index contributed by atoms with van der Waals surface area (Å²) < 4.78 is 1.44. The fourth-order valence-electron chi connectivity index (χ4n) is 2.03. The van der Waals surface area contributed by atoms with E-state index >= 15 is 0 Å². The van der Waals surface area contributed by atoms with Gasteiger partial charge in [-0.3, -0.25) is 9.59 Å². The van der Waals surface area contributed by atoms with Crippen LogP contribution in [-0.4, -0.2) is 31.4 Å². The number of benzene rings is 1. The highest BCUT2D eigenvalue weighted by atomic mass is 16.2. The number of amides is 2. The highest BCUT2D eigenvalue weighted by Gasteiger charge is 2.14. The second-order valence-corrected chi connectivity index (χ2v) is 4.97. The molecule has 116 valence electrons. The third-order valence-corrected chi connectivity index (χ3v) is 2.99. The molecule has 8 nitrogen and oxygen atoms in total. The van der Waals surface area contributed by atoms with E-state index in [2.05, 4.69) is 25.7 Å². The average molecular weight is 310 g/mol. The van der Waals surface area contributed by atoms with Crippen LogP contribution < -0.4 is 10.6 Å². The van der Waals surface area contributed by atoms with Crippen molar-refractivity contribution in [3.05, 3.63) is 48.0 Å². The summed E-state index contributed by atoms with van der Waals surface area (Å²) in [6, 6.07) is 8.59. The molecular formula is C15H14N6O2. The Morgan fingerprint density at radius 3 is 2.57 bits per heavy atom. The standard InChI is InChI=1S/C15H14N6O2/c1-9-6-7-21-15(16-9)19-13(20-21)14(23)18-12-5-3-4-11(8-12)17-10(2)22/h3-8H,1-2H3,(H,17,22)(H,18,23). The number of rotatable bonds is 3. The lowest BCUT2D eigenvalue weighted by atomic mass is 10.2. The number of anilines is 2. The van der Waals surface area contributed by atoms with Gasteiger partial charge in [-0.2, -0.15) is 4.98 Å². The number of carbonyl (C=O) groups is 2. The lowest BCUT2D eigenvalue weighted by molar-refractivity contribution is -0.114. The van der Waals surface area contributed by atoms with Gasteiger partial charge in [-0.05, 0) is 31.2 Å². The molecule has 0 radical (unpaired) electrons. The van der Waals surface area contributed by atoms with Gasteiger partial charge in [0.25, 0.3) is 11.7 Å². The van der Waals surface area contributed by atoms with Crippen LogP contribution in [0.2, 0.25) is 0 Å². The molecule has 2 heterocycles. The molecule has 0 unspecified atom stereocenters. The van der Waals surface area contributed by atoms with E-state index in [9.17, 15) is 9.59 Å². The van der Waals surface area contributed by atoms with Crippen molar-refractivity contribution in [3.8, 4) is 0 Å². The zero-order valence-electron chi connectivity index (χ0n) is 12.6. The smallest absolute Gasteiger partial charge is 0.295 e. The monoisotopic (exact) mass is 310 g/mol. The van der Waals surface area contributed by atoms with Crippen LogP contribution in [0.15, 0.2) is 36.5 Å². The van der Waals surface area contributed by atoms with Crippen molar-refractivity contribution in [2.45, 2.75) is 13.8 Å². The topological polar surface area (TPSA) is 101 Å². The molecule has 1 aromatic carbocycles. The zero-order chi connectivity index (χ0) is 16.4. The fraction of sp³-hybridized carbons (Fsp3) is 0.133. The molecular weight excluding hydrogens is 296 g/mol. The normalized spacial score (nSPS) is 10.5. The van der Waals surface area contributed by atoms with E-state index in [4.69, 9.17) is 0 Å². The first-order valence-electron chi connectivity index (χ1n) is 6.90. The molecule has 0 aliphatic heterocycles. The highest BCUT2D eigenvalue weighted by Crippen LogP contribution is 2.15. The third kappa shape index (κ3) is 3.31. The number of carbonyl (C=O) groups excluding carboxylic acids is 2. The summed E-state index contributed by atoms with van der Waals surface area (Å²) >= 11 is 0. The molecule has 0 fully saturated rings. The van der Waals surface area contributed by atoms with Crippen LogP contribution >= 0.6 is 0 Å². The molecule has 2 N–H and O–H groups in total. The Bertz CT molecular complexity index is 902. The van der Waals surface area contributed by atoms with Gasteiger partial charge in [-0.15, -0.1) is 5.10 Å². The number of nitrogens with zero attached hydrogens (tertiary/aromatic N) is 4. The lowest BCUT2D eigenvalue weighted by Gasteiger charge is -2.06. The van der Waals surface area contributed by atoms with Crippen molar-refractivity contribution in [2.24, 2.45) is 0 Å². The van der Waals surface area contributed by atoms with Crippen molar-refractivity contribution in [3.63, 3.8) is 0 Å². The maximum absolute atomic E-state index is 12.2. The molecule has 0 bridgehead atoms. The number of fused-ring (bicyclic) bond motifs is 1. The van der Waals surface area contributed by atoms with Crippen molar-refractivity contribution in [1.82, 2.24) is 19.6 Å². The second kappa shape index (κ2) is 5.84. The Hall–Kier alpha value is -3.29. The Kier molecular flexibility index (Phi) is 3.71. The second-order valence-electron chi connectivity index (χ2n) is 4.97. The zero-order valence-corrected chi connectivity index (χ0v) is 12.6. The SMILES string of the molecule is CC(=O)Nc1cccc(NC(=O)c2nc3nc(C)ccn3n2)c1. The van der Waals surface area contributed by atoms with Gasteiger partial charge in [-0.25, -0.2) is 9.50 Å². The van der Waals surface area contributed by atoms with Crippen molar-refractivity contribution < 1.29 is 9.59 Å². The average Bonchev–Trinajstić information content (AvgIpc) is 2.90. The molecule has 0 saturated heterocycles. The molecule has 0 saturated carbocycles. The van der Waals surface area contributed by atoms with E-state index in [0.29, 0.717) is 17.2 Å². The first-order valence-corrected chi connectivity index (χ1v) is 6.90.